The molecule has 0 amide bonds. The van der Waals surface area contributed by atoms with Crippen LogP contribution in [-0.4, -0.2) is 19.8 Å². The summed E-state index contributed by atoms with van der Waals surface area (Å²) in [5, 5.41) is 3.41. The number of rotatable bonds is 9. The summed E-state index contributed by atoms with van der Waals surface area (Å²) in [5.74, 6) is 0.962. The Morgan fingerprint density at radius 2 is 2.12 bits per heavy atom. The van der Waals surface area contributed by atoms with E-state index in [-0.39, 0.29) is 6.04 Å². The molecular formula is C13H22BrNO2. The van der Waals surface area contributed by atoms with Crippen LogP contribution < -0.4 is 5.32 Å². The molecule has 1 N–H and O–H groups in total. The van der Waals surface area contributed by atoms with Gasteiger partial charge in [-0.05, 0) is 54.4 Å². The summed E-state index contributed by atoms with van der Waals surface area (Å²) in [4.78, 5) is 0. The zero-order valence-corrected chi connectivity index (χ0v) is 12.3. The third kappa shape index (κ3) is 6.24. The predicted molar refractivity (Wildman–Crippen MR) is 73.2 cm³/mol. The standard InChI is InChI=1S/C13H22BrNO2/c1-3-4-9-16-10-5-8-15-11(2)12-6-7-13(14)17-12/h6-7,11,15H,3-5,8-10H2,1-2H3. The first-order valence-electron chi connectivity index (χ1n) is 6.30. The van der Waals surface area contributed by atoms with E-state index in [1.807, 2.05) is 12.1 Å². The van der Waals surface area contributed by atoms with E-state index in [9.17, 15) is 0 Å². The molecule has 1 aromatic heterocycles. The van der Waals surface area contributed by atoms with Crippen LogP contribution in [0.15, 0.2) is 21.2 Å². The van der Waals surface area contributed by atoms with Gasteiger partial charge in [0.05, 0.1) is 6.04 Å². The van der Waals surface area contributed by atoms with Gasteiger partial charge in [-0.1, -0.05) is 13.3 Å². The molecule has 0 saturated carbocycles. The molecule has 0 bridgehead atoms. The minimum atomic E-state index is 0.247. The fraction of sp³-hybridized carbons (Fsp3) is 0.692. The fourth-order valence-electron chi connectivity index (χ4n) is 1.50. The lowest BCUT2D eigenvalue weighted by atomic mass is 10.2. The molecule has 3 nitrogen and oxygen atoms in total. The van der Waals surface area contributed by atoms with E-state index >= 15 is 0 Å². The number of halogens is 1. The van der Waals surface area contributed by atoms with E-state index < -0.39 is 0 Å². The molecule has 1 aromatic rings. The summed E-state index contributed by atoms with van der Waals surface area (Å²) in [6.07, 6.45) is 3.39. The van der Waals surface area contributed by atoms with E-state index in [1.54, 1.807) is 0 Å². The van der Waals surface area contributed by atoms with Crippen LogP contribution in [0.5, 0.6) is 0 Å². The van der Waals surface area contributed by atoms with Crippen LogP contribution in [0.4, 0.5) is 0 Å². The molecule has 0 radical (unpaired) electrons. The van der Waals surface area contributed by atoms with Gasteiger partial charge >= 0.3 is 0 Å². The normalized spacial score (nSPS) is 12.9. The van der Waals surface area contributed by atoms with E-state index in [4.69, 9.17) is 9.15 Å². The van der Waals surface area contributed by atoms with Gasteiger partial charge in [0.15, 0.2) is 4.67 Å². The lowest BCUT2D eigenvalue weighted by Crippen LogP contribution is -2.20. The number of furan rings is 1. The van der Waals surface area contributed by atoms with Gasteiger partial charge in [0, 0.05) is 13.2 Å². The van der Waals surface area contributed by atoms with Crippen LogP contribution in [0.1, 0.15) is 44.9 Å². The Balaban J connectivity index is 2.03. The smallest absolute Gasteiger partial charge is 0.169 e. The average Bonchev–Trinajstić information content (AvgIpc) is 2.74. The first-order chi connectivity index (χ1) is 8.24. The highest BCUT2D eigenvalue weighted by molar-refractivity contribution is 9.10. The van der Waals surface area contributed by atoms with Crippen molar-refractivity contribution in [1.82, 2.24) is 5.32 Å². The molecule has 1 rings (SSSR count). The highest BCUT2D eigenvalue weighted by Crippen LogP contribution is 2.19. The number of nitrogens with one attached hydrogen (secondary N) is 1. The Kier molecular flexibility index (Phi) is 7.56. The molecule has 0 aliphatic carbocycles. The van der Waals surface area contributed by atoms with Crippen molar-refractivity contribution in [1.29, 1.82) is 0 Å². The van der Waals surface area contributed by atoms with Gasteiger partial charge in [0.1, 0.15) is 5.76 Å². The second kappa shape index (κ2) is 8.72. The molecule has 1 unspecified atom stereocenters. The van der Waals surface area contributed by atoms with Gasteiger partial charge in [-0.2, -0.15) is 0 Å². The molecule has 1 heterocycles. The second-order valence-electron chi connectivity index (χ2n) is 4.14. The highest BCUT2D eigenvalue weighted by Gasteiger charge is 2.08. The Labute approximate surface area is 112 Å². The lowest BCUT2D eigenvalue weighted by molar-refractivity contribution is 0.128. The van der Waals surface area contributed by atoms with Crippen LogP contribution in [0.2, 0.25) is 0 Å². The first kappa shape index (κ1) is 14.7. The molecule has 17 heavy (non-hydrogen) atoms. The van der Waals surface area contributed by atoms with Crippen molar-refractivity contribution < 1.29 is 9.15 Å². The first-order valence-corrected chi connectivity index (χ1v) is 7.09. The predicted octanol–water partition coefficient (Wildman–Crippen LogP) is 3.90. The fourth-order valence-corrected chi connectivity index (χ4v) is 1.82. The summed E-state index contributed by atoms with van der Waals surface area (Å²) in [5.41, 5.74) is 0. The average molecular weight is 304 g/mol. The zero-order chi connectivity index (χ0) is 12.5. The summed E-state index contributed by atoms with van der Waals surface area (Å²) in [6.45, 7) is 6.95. The molecule has 0 saturated heterocycles. The summed E-state index contributed by atoms with van der Waals surface area (Å²) >= 11 is 3.30. The third-order valence-corrected chi connectivity index (χ3v) is 3.01. The van der Waals surface area contributed by atoms with E-state index in [2.05, 4.69) is 35.1 Å². The maximum absolute atomic E-state index is 5.49. The topological polar surface area (TPSA) is 34.4 Å². The van der Waals surface area contributed by atoms with Crippen molar-refractivity contribution in [2.75, 3.05) is 19.8 Å². The Morgan fingerprint density at radius 3 is 2.76 bits per heavy atom. The molecule has 0 fully saturated rings. The monoisotopic (exact) mass is 303 g/mol. The van der Waals surface area contributed by atoms with Crippen molar-refractivity contribution in [3.8, 4) is 0 Å². The van der Waals surface area contributed by atoms with Crippen LogP contribution >= 0.6 is 15.9 Å². The van der Waals surface area contributed by atoms with Gasteiger partial charge in [0.2, 0.25) is 0 Å². The van der Waals surface area contributed by atoms with Gasteiger partial charge in [-0.25, -0.2) is 0 Å². The molecule has 0 aromatic carbocycles. The second-order valence-corrected chi connectivity index (χ2v) is 4.92. The summed E-state index contributed by atoms with van der Waals surface area (Å²) in [7, 11) is 0. The van der Waals surface area contributed by atoms with Gasteiger partial charge in [0.25, 0.3) is 0 Å². The molecule has 98 valence electrons. The minimum absolute atomic E-state index is 0.247. The van der Waals surface area contributed by atoms with Gasteiger partial charge < -0.3 is 14.5 Å². The maximum atomic E-state index is 5.49. The molecular weight excluding hydrogens is 282 g/mol. The quantitative estimate of drug-likeness (QED) is 0.703. The maximum Gasteiger partial charge on any atom is 0.169 e. The van der Waals surface area contributed by atoms with Gasteiger partial charge in [-0.15, -0.1) is 0 Å². The lowest BCUT2D eigenvalue weighted by Gasteiger charge is -2.11. The molecule has 0 aliphatic rings. The Bertz CT molecular complexity index is 301. The highest BCUT2D eigenvalue weighted by atomic mass is 79.9. The molecule has 0 aliphatic heterocycles. The van der Waals surface area contributed by atoms with Crippen molar-refractivity contribution in [2.45, 2.75) is 39.2 Å². The zero-order valence-electron chi connectivity index (χ0n) is 10.7. The van der Waals surface area contributed by atoms with Crippen LogP contribution in [0, 0.1) is 0 Å². The van der Waals surface area contributed by atoms with Gasteiger partial charge in [-0.3, -0.25) is 0 Å². The van der Waals surface area contributed by atoms with E-state index in [0.717, 1.165) is 43.0 Å². The number of ether oxygens (including phenoxy) is 1. The van der Waals surface area contributed by atoms with Crippen molar-refractivity contribution in [3.05, 3.63) is 22.6 Å². The molecule has 0 spiro atoms. The molecule has 4 heteroatoms. The van der Waals surface area contributed by atoms with E-state index in [0.29, 0.717) is 0 Å². The summed E-state index contributed by atoms with van der Waals surface area (Å²) < 4.78 is 11.8. The minimum Gasteiger partial charge on any atom is -0.453 e. The van der Waals surface area contributed by atoms with Crippen molar-refractivity contribution in [3.63, 3.8) is 0 Å². The Morgan fingerprint density at radius 1 is 1.35 bits per heavy atom. The van der Waals surface area contributed by atoms with Crippen molar-refractivity contribution >= 4 is 15.9 Å². The van der Waals surface area contributed by atoms with Crippen LogP contribution in [0.3, 0.4) is 0 Å². The third-order valence-electron chi connectivity index (χ3n) is 2.58. The number of unbranched alkanes of at least 4 members (excludes halogenated alkanes) is 1. The largest absolute Gasteiger partial charge is 0.453 e. The SMILES string of the molecule is CCCCOCCCNC(C)c1ccc(Br)o1. The number of hydrogen-bond donors (Lipinski definition) is 1. The van der Waals surface area contributed by atoms with Crippen LogP contribution in [-0.2, 0) is 4.74 Å². The summed E-state index contributed by atoms with van der Waals surface area (Å²) in [6, 6.07) is 4.15. The Hall–Kier alpha value is -0.320. The van der Waals surface area contributed by atoms with Crippen LogP contribution in [0.25, 0.3) is 0 Å². The molecule has 1 atom stereocenters. The van der Waals surface area contributed by atoms with Crippen molar-refractivity contribution in [2.24, 2.45) is 0 Å². The van der Waals surface area contributed by atoms with E-state index in [1.165, 1.54) is 6.42 Å². The number of hydrogen-bond acceptors (Lipinski definition) is 3.